The van der Waals surface area contributed by atoms with E-state index in [4.69, 9.17) is 0 Å². The molecule has 0 N–H and O–H groups in total. The van der Waals surface area contributed by atoms with Gasteiger partial charge >= 0.3 is 0 Å². The normalized spacial score (nSPS) is 11.0. The number of nitrogens with zero attached hydrogens (tertiary/aromatic N) is 1. The lowest BCUT2D eigenvalue weighted by molar-refractivity contribution is -0.384. The second-order valence-electron chi connectivity index (χ2n) is 4.53. The molecule has 0 saturated heterocycles. The zero-order chi connectivity index (χ0) is 17.0. The minimum Gasteiger partial charge on any atom is -0.545 e. The van der Waals surface area contributed by atoms with Gasteiger partial charge < -0.3 is 19.8 Å². The molecule has 0 fully saturated rings. The SMILES string of the molecule is O=C([O-])C(=Cc1ccc([N+](=O)[O-])cc1)c1ccccc1C(=O)[O-]. The third-order valence-electron chi connectivity index (χ3n) is 3.07. The molecule has 0 aliphatic carbocycles. The smallest absolute Gasteiger partial charge is 0.269 e. The number of nitro benzene ring substituents is 1. The van der Waals surface area contributed by atoms with Crippen LogP contribution in [0.15, 0.2) is 48.5 Å². The number of hydrogen-bond acceptors (Lipinski definition) is 6. The van der Waals surface area contributed by atoms with Gasteiger partial charge in [-0.1, -0.05) is 24.3 Å². The number of nitro groups is 1. The zero-order valence-electron chi connectivity index (χ0n) is 11.6. The molecule has 23 heavy (non-hydrogen) atoms. The molecule has 0 bridgehead atoms. The monoisotopic (exact) mass is 311 g/mol. The summed E-state index contributed by atoms with van der Waals surface area (Å²) in [4.78, 5) is 32.5. The maximum atomic E-state index is 11.4. The largest absolute Gasteiger partial charge is 0.545 e. The molecule has 0 aliphatic rings. The first kappa shape index (κ1) is 15.9. The van der Waals surface area contributed by atoms with E-state index in [1.807, 2.05) is 0 Å². The summed E-state index contributed by atoms with van der Waals surface area (Å²) in [6.07, 6.45) is 1.18. The van der Waals surface area contributed by atoms with Crippen molar-refractivity contribution < 1.29 is 24.7 Å². The van der Waals surface area contributed by atoms with Crippen LogP contribution < -0.4 is 10.2 Å². The van der Waals surface area contributed by atoms with Crippen molar-refractivity contribution in [3.05, 3.63) is 75.3 Å². The molecule has 0 saturated carbocycles. The number of carboxylic acids is 2. The molecular formula is C16H9NO6-2. The Morgan fingerprint density at radius 1 is 0.913 bits per heavy atom. The van der Waals surface area contributed by atoms with E-state index in [1.54, 1.807) is 0 Å². The van der Waals surface area contributed by atoms with E-state index in [2.05, 4.69) is 0 Å². The highest BCUT2D eigenvalue weighted by Gasteiger charge is 2.10. The van der Waals surface area contributed by atoms with Crippen molar-refractivity contribution in [2.24, 2.45) is 0 Å². The molecule has 0 amide bonds. The molecule has 0 heterocycles. The molecule has 2 aromatic carbocycles. The second-order valence-corrected chi connectivity index (χ2v) is 4.53. The Kier molecular flexibility index (Phi) is 4.51. The number of hydrogen-bond donors (Lipinski definition) is 0. The first-order valence-corrected chi connectivity index (χ1v) is 6.38. The third-order valence-corrected chi connectivity index (χ3v) is 3.07. The van der Waals surface area contributed by atoms with Crippen molar-refractivity contribution in [1.29, 1.82) is 0 Å². The molecule has 0 aromatic heterocycles. The number of rotatable bonds is 5. The Balaban J connectivity index is 2.53. The molecule has 2 rings (SSSR count). The van der Waals surface area contributed by atoms with Crippen molar-refractivity contribution in [3.63, 3.8) is 0 Å². The zero-order valence-corrected chi connectivity index (χ0v) is 11.6. The minimum absolute atomic E-state index is 0.0640. The Morgan fingerprint density at radius 2 is 1.48 bits per heavy atom. The highest BCUT2D eigenvalue weighted by molar-refractivity contribution is 6.21. The number of benzene rings is 2. The fraction of sp³-hybridized carbons (Fsp3) is 0. The third kappa shape index (κ3) is 3.59. The summed E-state index contributed by atoms with van der Waals surface area (Å²) in [7, 11) is 0. The first-order valence-electron chi connectivity index (χ1n) is 6.38. The van der Waals surface area contributed by atoms with Crippen LogP contribution in [-0.4, -0.2) is 16.9 Å². The molecule has 7 heteroatoms. The Labute approximate surface area is 130 Å². The van der Waals surface area contributed by atoms with Crippen molar-refractivity contribution in [2.75, 3.05) is 0 Å². The lowest BCUT2D eigenvalue weighted by atomic mass is 9.97. The topological polar surface area (TPSA) is 123 Å². The van der Waals surface area contributed by atoms with Gasteiger partial charge in [0.1, 0.15) is 0 Å². The fourth-order valence-electron chi connectivity index (χ4n) is 2.00. The lowest BCUT2D eigenvalue weighted by Crippen LogP contribution is -2.27. The van der Waals surface area contributed by atoms with Crippen LogP contribution in [0.4, 0.5) is 5.69 Å². The first-order chi connectivity index (χ1) is 10.9. The van der Waals surface area contributed by atoms with Gasteiger partial charge in [0.15, 0.2) is 0 Å². The van der Waals surface area contributed by atoms with Crippen molar-refractivity contribution in [2.45, 2.75) is 0 Å². The number of aromatic carboxylic acids is 1. The van der Waals surface area contributed by atoms with Crippen molar-refractivity contribution in [3.8, 4) is 0 Å². The molecule has 0 spiro atoms. The van der Waals surface area contributed by atoms with Gasteiger partial charge in [-0.25, -0.2) is 0 Å². The van der Waals surface area contributed by atoms with Gasteiger partial charge in [-0.15, -0.1) is 0 Å². The van der Waals surface area contributed by atoms with E-state index in [0.29, 0.717) is 5.56 Å². The average Bonchev–Trinajstić information content (AvgIpc) is 2.52. The van der Waals surface area contributed by atoms with Gasteiger partial charge in [0.25, 0.3) is 5.69 Å². The molecule has 0 aliphatic heterocycles. The predicted molar refractivity (Wildman–Crippen MR) is 76.7 cm³/mol. The van der Waals surface area contributed by atoms with Gasteiger partial charge in [0.05, 0.1) is 16.9 Å². The summed E-state index contributed by atoms with van der Waals surface area (Å²) < 4.78 is 0. The highest BCUT2D eigenvalue weighted by atomic mass is 16.6. The van der Waals surface area contributed by atoms with Crippen LogP contribution in [0, 0.1) is 10.1 Å². The van der Waals surface area contributed by atoms with Gasteiger partial charge in [0.2, 0.25) is 0 Å². The Bertz CT molecular complexity index is 808. The number of carboxylic acid groups (broad SMARTS) is 2. The Hall–Kier alpha value is -3.48. The molecule has 116 valence electrons. The number of carbonyl (C=O) groups is 2. The summed E-state index contributed by atoms with van der Waals surface area (Å²) in [6.45, 7) is 0. The second kappa shape index (κ2) is 6.52. The number of aliphatic carboxylic acids is 1. The molecule has 0 unspecified atom stereocenters. The average molecular weight is 311 g/mol. The quantitative estimate of drug-likeness (QED) is 0.337. The van der Waals surface area contributed by atoms with Crippen LogP contribution in [0.1, 0.15) is 21.5 Å². The van der Waals surface area contributed by atoms with Gasteiger partial charge in [-0.3, -0.25) is 10.1 Å². The van der Waals surface area contributed by atoms with Crippen LogP contribution in [0.25, 0.3) is 11.6 Å². The molecule has 0 atom stereocenters. The summed E-state index contributed by atoms with van der Waals surface area (Å²) in [5, 5.41) is 33.0. The van der Waals surface area contributed by atoms with E-state index in [-0.39, 0.29) is 22.4 Å². The van der Waals surface area contributed by atoms with E-state index in [1.165, 1.54) is 54.6 Å². The van der Waals surface area contributed by atoms with E-state index in [9.17, 15) is 29.9 Å². The van der Waals surface area contributed by atoms with Crippen molar-refractivity contribution >= 4 is 29.3 Å². The standard InChI is InChI=1S/C16H11NO6/c18-15(19)13-4-2-1-3-12(13)14(16(20)21)9-10-5-7-11(8-6-10)17(22)23/h1-9H,(H,18,19)(H,20,21)/p-2. The highest BCUT2D eigenvalue weighted by Crippen LogP contribution is 2.22. The Morgan fingerprint density at radius 3 is 1.96 bits per heavy atom. The fourth-order valence-corrected chi connectivity index (χ4v) is 2.00. The van der Waals surface area contributed by atoms with E-state index < -0.39 is 16.9 Å². The molecule has 0 radical (unpaired) electrons. The minimum atomic E-state index is -1.57. The van der Waals surface area contributed by atoms with Crippen molar-refractivity contribution in [1.82, 2.24) is 0 Å². The van der Waals surface area contributed by atoms with Crippen LogP contribution in [0.2, 0.25) is 0 Å². The summed E-state index contributed by atoms with van der Waals surface area (Å²) in [5.74, 6) is -3.09. The van der Waals surface area contributed by atoms with Crippen LogP contribution in [0.3, 0.4) is 0 Å². The number of carbonyl (C=O) groups excluding carboxylic acids is 2. The van der Waals surface area contributed by atoms with Crippen LogP contribution in [0.5, 0.6) is 0 Å². The maximum Gasteiger partial charge on any atom is 0.269 e. The van der Waals surface area contributed by atoms with E-state index >= 15 is 0 Å². The van der Waals surface area contributed by atoms with Gasteiger partial charge in [0, 0.05) is 23.3 Å². The predicted octanol–water partition coefficient (Wildman–Crippen LogP) is 0.249. The molecular weight excluding hydrogens is 302 g/mol. The summed E-state index contributed by atoms with van der Waals surface area (Å²) in [6, 6.07) is 10.6. The maximum absolute atomic E-state index is 11.4. The molecule has 7 nitrogen and oxygen atoms in total. The lowest BCUT2D eigenvalue weighted by Gasteiger charge is -2.14. The van der Waals surface area contributed by atoms with E-state index in [0.717, 1.165) is 0 Å². The van der Waals surface area contributed by atoms with Crippen LogP contribution in [-0.2, 0) is 4.79 Å². The summed E-state index contributed by atoms with van der Waals surface area (Å²) >= 11 is 0. The number of non-ortho nitro benzene ring substituents is 1. The van der Waals surface area contributed by atoms with Crippen LogP contribution >= 0.6 is 0 Å². The molecule has 2 aromatic rings. The van der Waals surface area contributed by atoms with Gasteiger partial charge in [-0.2, -0.15) is 0 Å². The summed E-state index contributed by atoms with van der Waals surface area (Å²) in [5.41, 5.74) is -0.510. The van der Waals surface area contributed by atoms with Gasteiger partial charge in [-0.05, 0) is 29.3 Å².